The maximum atomic E-state index is 11.8. The lowest BCUT2D eigenvalue weighted by Gasteiger charge is -2.10. The van der Waals surface area contributed by atoms with E-state index in [-0.39, 0.29) is 12.0 Å². The summed E-state index contributed by atoms with van der Waals surface area (Å²) in [6, 6.07) is 0. The second-order valence-corrected chi connectivity index (χ2v) is 5.50. The quantitative estimate of drug-likeness (QED) is 0.624. The average Bonchev–Trinajstić information content (AvgIpc) is 3.13. The summed E-state index contributed by atoms with van der Waals surface area (Å²) in [4.78, 5) is 20.0. The Hall–Kier alpha value is -1.67. The molecular weight excluding hydrogens is 278 g/mol. The minimum atomic E-state index is -0.0132. The van der Waals surface area contributed by atoms with Gasteiger partial charge in [-0.2, -0.15) is 5.10 Å². The van der Waals surface area contributed by atoms with Crippen LogP contribution >= 0.6 is 11.8 Å². The first-order valence-electron chi connectivity index (χ1n) is 6.48. The molecular formula is C12H15N5O2S. The van der Waals surface area contributed by atoms with Crippen LogP contribution in [0.25, 0.3) is 11.0 Å². The number of carbonyl (C=O) groups is 1. The number of hydrogen-bond acceptors (Lipinski definition) is 6. The van der Waals surface area contributed by atoms with E-state index in [4.69, 9.17) is 4.74 Å². The number of ether oxygens (including phenoxy) is 1. The van der Waals surface area contributed by atoms with Crippen LogP contribution in [0.3, 0.4) is 0 Å². The highest BCUT2D eigenvalue weighted by Gasteiger charge is 2.16. The van der Waals surface area contributed by atoms with E-state index in [2.05, 4.69) is 25.5 Å². The van der Waals surface area contributed by atoms with Gasteiger partial charge in [-0.1, -0.05) is 11.8 Å². The van der Waals surface area contributed by atoms with Crippen LogP contribution in [0, 0.1) is 0 Å². The minimum Gasteiger partial charge on any atom is -0.376 e. The van der Waals surface area contributed by atoms with Gasteiger partial charge in [0.2, 0.25) is 5.91 Å². The van der Waals surface area contributed by atoms with Gasteiger partial charge < -0.3 is 10.1 Å². The van der Waals surface area contributed by atoms with Gasteiger partial charge in [0.1, 0.15) is 11.4 Å². The third-order valence-corrected chi connectivity index (χ3v) is 4.11. The second kappa shape index (κ2) is 6.19. The Morgan fingerprint density at radius 2 is 2.50 bits per heavy atom. The lowest BCUT2D eigenvalue weighted by Crippen LogP contribution is -2.32. The number of nitrogens with one attached hydrogen (secondary N) is 2. The maximum Gasteiger partial charge on any atom is 0.230 e. The Labute approximate surface area is 119 Å². The SMILES string of the molecule is O=C(CSc1ncnc2[nH]ncc12)NC[C@H]1CCCO1. The number of nitrogens with zero attached hydrogens (tertiary/aromatic N) is 3. The van der Waals surface area contributed by atoms with Crippen LogP contribution in [0.4, 0.5) is 0 Å². The maximum absolute atomic E-state index is 11.8. The minimum absolute atomic E-state index is 0.0132. The fraction of sp³-hybridized carbons (Fsp3) is 0.500. The molecule has 1 saturated heterocycles. The van der Waals surface area contributed by atoms with Crippen LogP contribution < -0.4 is 5.32 Å². The van der Waals surface area contributed by atoms with Crippen molar-refractivity contribution in [3.63, 3.8) is 0 Å². The summed E-state index contributed by atoms with van der Waals surface area (Å²) in [5, 5.41) is 11.2. The first kappa shape index (κ1) is 13.3. The van der Waals surface area contributed by atoms with Gasteiger partial charge in [-0.3, -0.25) is 9.89 Å². The predicted octanol–water partition coefficient (Wildman–Crippen LogP) is 0.740. The largest absolute Gasteiger partial charge is 0.376 e. The van der Waals surface area contributed by atoms with Crippen LogP contribution in [0.5, 0.6) is 0 Å². The number of rotatable bonds is 5. The third-order valence-electron chi connectivity index (χ3n) is 3.10. The molecule has 2 aromatic heterocycles. The van der Waals surface area contributed by atoms with Gasteiger partial charge in [0.05, 0.1) is 23.4 Å². The third kappa shape index (κ3) is 3.07. The number of H-pyrrole nitrogens is 1. The molecule has 0 aromatic carbocycles. The number of fused-ring (bicyclic) bond motifs is 1. The number of thioether (sulfide) groups is 1. The molecule has 1 aliphatic rings. The highest BCUT2D eigenvalue weighted by atomic mass is 32.2. The van der Waals surface area contributed by atoms with Crippen molar-refractivity contribution in [3.8, 4) is 0 Å². The van der Waals surface area contributed by atoms with Crippen molar-refractivity contribution < 1.29 is 9.53 Å². The van der Waals surface area contributed by atoms with Gasteiger partial charge in [-0.05, 0) is 12.8 Å². The Bertz CT molecular complexity index is 596. The molecule has 1 atom stereocenters. The lowest BCUT2D eigenvalue weighted by atomic mass is 10.2. The van der Waals surface area contributed by atoms with Gasteiger partial charge in [-0.25, -0.2) is 9.97 Å². The van der Waals surface area contributed by atoms with Gasteiger partial charge in [0.25, 0.3) is 0 Å². The molecule has 3 rings (SSSR count). The van der Waals surface area contributed by atoms with Gasteiger partial charge >= 0.3 is 0 Å². The lowest BCUT2D eigenvalue weighted by molar-refractivity contribution is -0.119. The molecule has 2 aromatic rings. The Morgan fingerprint density at radius 1 is 1.55 bits per heavy atom. The van der Waals surface area contributed by atoms with E-state index in [0.717, 1.165) is 29.9 Å². The van der Waals surface area contributed by atoms with E-state index < -0.39 is 0 Å². The molecule has 0 saturated carbocycles. The molecule has 2 N–H and O–H groups in total. The van der Waals surface area contributed by atoms with E-state index in [1.54, 1.807) is 6.20 Å². The molecule has 20 heavy (non-hydrogen) atoms. The Kier molecular flexibility index (Phi) is 4.12. The summed E-state index contributed by atoms with van der Waals surface area (Å²) in [6.07, 6.45) is 5.40. The van der Waals surface area contributed by atoms with E-state index >= 15 is 0 Å². The van der Waals surface area contributed by atoms with Crippen molar-refractivity contribution >= 4 is 28.7 Å². The Morgan fingerprint density at radius 3 is 3.35 bits per heavy atom. The molecule has 8 heteroatoms. The number of aromatic nitrogens is 4. The second-order valence-electron chi connectivity index (χ2n) is 4.54. The molecule has 1 aliphatic heterocycles. The number of carbonyl (C=O) groups excluding carboxylic acids is 1. The van der Waals surface area contributed by atoms with Crippen molar-refractivity contribution in [1.29, 1.82) is 0 Å². The molecule has 0 bridgehead atoms. The number of hydrogen-bond donors (Lipinski definition) is 2. The zero-order valence-corrected chi connectivity index (χ0v) is 11.7. The first-order valence-corrected chi connectivity index (χ1v) is 7.46. The molecule has 3 heterocycles. The summed E-state index contributed by atoms with van der Waals surface area (Å²) >= 11 is 1.38. The summed E-state index contributed by atoms with van der Waals surface area (Å²) in [7, 11) is 0. The molecule has 7 nitrogen and oxygen atoms in total. The van der Waals surface area contributed by atoms with E-state index in [1.807, 2.05) is 0 Å². The fourth-order valence-corrected chi connectivity index (χ4v) is 2.87. The molecule has 0 unspecified atom stereocenters. The van der Waals surface area contributed by atoms with Crippen molar-refractivity contribution in [1.82, 2.24) is 25.5 Å². The highest BCUT2D eigenvalue weighted by Crippen LogP contribution is 2.22. The predicted molar refractivity (Wildman–Crippen MR) is 74.4 cm³/mol. The van der Waals surface area contributed by atoms with E-state index in [9.17, 15) is 4.79 Å². The van der Waals surface area contributed by atoms with Gasteiger partial charge in [0, 0.05) is 13.2 Å². The standard InChI is InChI=1S/C12H15N5O2S/c18-10(13-4-8-2-1-3-19-8)6-20-12-9-5-16-17-11(9)14-7-15-12/h5,7-8H,1-4,6H2,(H,13,18)(H,14,15,16,17)/t8-/m1/s1. The zero-order chi connectivity index (χ0) is 13.8. The summed E-state index contributed by atoms with van der Waals surface area (Å²) in [5.41, 5.74) is 0.683. The van der Waals surface area contributed by atoms with Gasteiger partial charge in [-0.15, -0.1) is 0 Å². The molecule has 106 valence electrons. The van der Waals surface area contributed by atoms with E-state index in [1.165, 1.54) is 18.1 Å². The normalized spacial score (nSPS) is 18.5. The topological polar surface area (TPSA) is 92.8 Å². The first-order chi connectivity index (χ1) is 9.83. The fourth-order valence-electron chi connectivity index (χ4n) is 2.08. The van der Waals surface area contributed by atoms with Gasteiger partial charge in [0.15, 0.2) is 5.65 Å². The summed E-state index contributed by atoms with van der Waals surface area (Å²) in [6.45, 7) is 1.39. The highest BCUT2D eigenvalue weighted by molar-refractivity contribution is 8.00. The molecule has 1 amide bonds. The molecule has 1 fully saturated rings. The monoisotopic (exact) mass is 293 g/mol. The van der Waals surface area contributed by atoms with Crippen LogP contribution in [0.15, 0.2) is 17.6 Å². The molecule has 0 radical (unpaired) electrons. The summed E-state index contributed by atoms with van der Waals surface area (Å²) < 4.78 is 5.46. The van der Waals surface area contributed by atoms with Crippen molar-refractivity contribution in [2.24, 2.45) is 0 Å². The van der Waals surface area contributed by atoms with Crippen LogP contribution in [-0.4, -0.2) is 51.1 Å². The summed E-state index contributed by atoms with van der Waals surface area (Å²) in [5.74, 6) is 0.310. The average molecular weight is 293 g/mol. The Balaban J connectivity index is 1.51. The van der Waals surface area contributed by atoms with Crippen molar-refractivity contribution in [2.75, 3.05) is 18.9 Å². The molecule has 0 spiro atoms. The van der Waals surface area contributed by atoms with Crippen LogP contribution in [0.2, 0.25) is 0 Å². The van der Waals surface area contributed by atoms with Crippen molar-refractivity contribution in [3.05, 3.63) is 12.5 Å². The van der Waals surface area contributed by atoms with Crippen molar-refractivity contribution in [2.45, 2.75) is 24.0 Å². The van der Waals surface area contributed by atoms with Crippen LogP contribution in [0.1, 0.15) is 12.8 Å². The van der Waals surface area contributed by atoms with Crippen LogP contribution in [-0.2, 0) is 9.53 Å². The molecule has 0 aliphatic carbocycles. The number of aromatic amines is 1. The number of amides is 1. The van der Waals surface area contributed by atoms with E-state index in [0.29, 0.717) is 17.9 Å². The smallest absolute Gasteiger partial charge is 0.230 e. The zero-order valence-electron chi connectivity index (χ0n) is 10.8.